The number of likely N-dealkylation sites (N-methyl/N-ethyl adjacent to an activating group) is 1. The quantitative estimate of drug-likeness (QED) is 0.407. The molecule has 3 aromatic rings. The van der Waals surface area contributed by atoms with Crippen molar-refractivity contribution in [2.24, 2.45) is 0 Å². The first-order valence-electron chi connectivity index (χ1n) is 11.6. The molecule has 1 heterocycles. The average Bonchev–Trinajstić information content (AvgIpc) is 2.83. The second-order valence-corrected chi connectivity index (χ2v) is 8.97. The van der Waals surface area contributed by atoms with Crippen LogP contribution in [0.15, 0.2) is 48.5 Å². The fraction of sp³-hybridized carbons (Fsp3) is 0.370. The minimum absolute atomic E-state index is 0.135. The first-order valence-corrected chi connectivity index (χ1v) is 12.0. The Labute approximate surface area is 199 Å². The van der Waals surface area contributed by atoms with E-state index in [2.05, 4.69) is 0 Å². The summed E-state index contributed by atoms with van der Waals surface area (Å²) in [6, 6.07) is 15.1. The van der Waals surface area contributed by atoms with Gasteiger partial charge in [-0.3, -0.25) is 4.79 Å². The van der Waals surface area contributed by atoms with Crippen molar-refractivity contribution >= 4 is 34.4 Å². The molecule has 0 radical (unpaired) electrons. The van der Waals surface area contributed by atoms with Crippen LogP contribution in [0.5, 0.6) is 0 Å². The minimum Gasteiger partial charge on any atom is -0.452 e. The Morgan fingerprint density at radius 1 is 1.09 bits per heavy atom. The van der Waals surface area contributed by atoms with E-state index in [1.807, 2.05) is 61.2 Å². The van der Waals surface area contributed by atoms with Gasteiger partial charge in [0.15, 0.2) is 6.61 Å². The Hall–Kier alpha value is -2.92. The lowest BCUT2D eigenvalue weighted by Gasteiger charge is -2.33. The third-order valence-corrected chi connectivity index (χ3v) is 6.68. The number of carbonyl (C=O) groups excluding carboxylic acids is 2. The zero-order valence-corrected chi connectivity index (χ0v) is 19.9. The van der Waals surface area contributed by atoms with Crippen LogP contribution in [0.2, 0.25) is 5.02 Å². The van der Waals surface area contributed by atoms with Crippen LogP contribution in [-0.4, -0.2) is 41.0 Å². The molecule has 0 N–H and O–H groups in total. The predicted molar refractivity (Wildman–Crippen MR) is 131 cm³/mol. The SMILES string of the molecule is CCN(C(=O)COC(=O)c1c(C)c(-c2cccc(Cl)c2)nc2ccccc12)C1CCCCC1. The van der Waals surface area contributed by atoms with Gasteiger partial charge in [0.1, 0.15) is 0 Å². The van der Waals surface area contributed by atoms with Crippen LogP contribution in [0.3, 0.4) is 0 Å². The van der Waals surface area contributed by atoms with E-state index in [1.165, 1.54) is 6.42 Å². The molecular formula is C27H29ClN2O3. The number of esters is 1. The Balaban J connectivity index is 1.62. The lowest BCUT2D eigenvalue weighted by atomic mass is 9.94. The molecule has 1 saturated carbocycles. The lowest BCUT2D eigenvalue weighted by Crippen LogP contribution is -2.43. The van der Waals surface area contributed by atoms with Gasteiger partial charge in [-0.05, 0) is 50.5 Å². The number of benzene rings is 2. The van der Waals surface area contributed by atoms with Crippen molar-refractivity contribution in [3.63, 3.8) is 0 Å². The van der Waals surface area contributed by atoms with Crippen molar-refractivity contribution in [2.75, 3.05) is 13.2 Å². The molecule has 0 bridgehead atoms. The summed E-state index contributed by atoms with van der Waals surface area (Å²) < 4.78 is 5.58. The number of para-hydroxylation sites is 1. The molecular weight excluding hydrogens is 436 g/mol. The van der Waals surface area contributed by atoms with Crippen LogP contribution in [0.4, 0.5) is 0 Å². The van der Waals surface area contributed by atoms with E-state index in [0.717, 1.165) is 31.2 Å². The van der Waals surface area contributed by atoms with Gasteiger partial charge in [0.2, 0.25) is 0 Å². The number of hydrogen-bond acceptors (Lipinski definition) is 4. The van der Waals surface area contributed by atoms with Gasteiger partial charge >= 0.3 is 5.97 Å². The van der Waals surface area contributed by atoms with Crippen LogP contribution in [0.1, 0.15) is 54.9 Å². The normalized spacial score (nSPS) is 14.3. The van der Waals surface area contributed by atoms with E-state index >= 15 is 0 Å². The van der Waals surface area contributed by atoms with E-state index in [0.29, 0.717) is 39.3 Å². The van der Waals surface area contributed by atoms with Crippen molar-refractivity contribution in [1.82, 2.24) is 9.88 Å². The average molecular weight is 465 g/mol. The Morgan fingerprint density at radius 2 is 1.85 bits per heavy atom. The first kappa shape index (κ1) is 23.2. The van der Waals surface area contributed by atoms with Gasteiger partial charge in [-0.1, -0.05) is 61.2 Å². The summed E-state index contributed by atoms with van der Waals surface area (Å²) in [6.07, 6.45) is 5.54. The molecule has 0 saturated heterocycles. The van der Waals surface area contributed by atoms with Crippen LogP contribution in [-0.2, 0) is 9.53 Å². The number of pyridine rings is 1. The molecule has 1 amide bonds. The lowest BCUT2D eigenvalue weighted by molar-refractivity contribution is -0.137. The van der Waals surface area contributed by atoms with Crippen LogP contribution < -0.4 is 0 Å². The Morgan fingerprint density at radius 3 is 2.58 bits per heavy atom. The summed E-state index contributed by atoms with van der Waals surface area (Å²) in [4.78, 5) is 32.8. The molecule has 5 nitrogen and oxygen atoms in total. The van der Waals surface area contributed by atoms with E-state index < -0.39 is 5.97 Å². The second-order valence-electron chi connectivity index (χ2n) is 8.54. The fourth-order valence-electron chi connectivity index (χ4n) is 4.80. The van der Waals surface area contributed by atoms with Crippen molar-refractivity contribution in [3.8, 4) is 11.3 Å². The van der Waals surface area contributed by atoms with Crippen molar-refractivity contribution in [1.29, 1.82) is 0 Å². The number of halogens is 1. The summed E-state index contributed by atoms with van der Waals surface area (Å²) in [6.45, 7) is 4.20. The molecule has 2 aromatic carbocycles. The van der Waals surface area contributed by atoms with E-state index in [9.17, 15) is 9.59 Å². The standard InChI is InChI=1S/C27H29ClN2O3/c1-3-30(21-12-5-4-6-13-21)24(31)17-33-27(32)25-18(2)26(19-10-9-11-20(28)16-19)29-23-15-8-7-14-22(23)25/h7-11,14-16,21H,3-6,12-13,17H2,1-2H3. The van der Waals surface area contributed by atoms with E-state index in [-0.39, 0.29) is 18.6 Å². The number of hydrogen-bond donors (Lipinski definition) is 0. The monoisotopic (exact) mass is 464 g/mol. The molecule has 1 aliphatic rings. The topological polar surface area (TPSA) is 59.5 Å². The molecule has 6 heteroatoms. The van der Waals surface area contributed by atoms with Gasteiger partial charge in [0, 0.05) is 28.6 Å². The zero-order chi connectivity index (χ0) is 23.4. The van der Waals surface area contributed by atoms with Crippen LogP contribution >= 0.6 is 11.6 Å². The molecule has 1 fully saturated rings. The largest absolute Gasteiger partial charge is 0.452 e. The highest BCUT2D eigenvalue weighted by Gasteiger charge is 2.26. The highest BCUT2D eigenvalue weighted by atomic mass is 35.5. The summed E-state index contributed by atoms with van der Waals surface area (Å²) in [5, 5.41) is 1.30. The van der Waals surface area contributed by atoms with Crippen molar-refractivity contribution < 1.29 is 14.3 Å². The van der Waals surface area contributed by atoms with E-state index in [1.54, 1.807) is 6.07 Å². The number of aromatic nitrogens is 1. The van der Waals surface area contributed by atoms with E-state index in [4.69, 9.17) is 21.3 Å². The Bertz CT molecular complexity index is 1170. The maximum atomic E-state index is 13.3. The third kappa shape index (κ3) is 5.03. The molecule has 0 spiro atoms. The number of nitrogens with zero attached hydrogens (tertiary/aromatic N) is 2. The summed E-state index contributed by atoms with van der Waals surface area (Å²) in [5.41, 5.74) is 3.32. The van der Waals surface area contributed by atoms with Crippen molar-refractivity contribution in [2.45, 2.75) is 52.0 Å². The third-order valence-electron chi connectivity index (χ3n) is 6.44. The second kappa shape index (κ2) is 10.3. The van der Waals surface area contributed by atoms with Crippen LogP contribution in [0.25, 0.3) is 22.2 Å². The number of carbonyl (C=O) groups is 2. The zero-order valence-electron chi connectivity index (χ0n) is 19.1. The molecule has 0 atom stereocenters. The predicted octanol–water partition coefficient (Wildman–Crippen LogP) is 6.20. The molecule has 0 unspecified atom stereocenters. The highest BCUT2D eigenvalue weighted by Crippen LogP contribution is 2.31. The summed E-state index contributed by atoms with van der Waals surface area (Å²) in [5.74, 6) is -0.647. The van der Waals surface area contributed by atoms with Crippen LogP contribution in [0, 0.1) is 6.92 Å². The molecule has 1 aliphatic carbocycles. The molecule has 33 heavy (non-hydrogen) atoms. The fourth-order valence-corrected chi connectivity index (χ4v) is 4.99. The van der Waals surface area contributed by atoms with Gasteiger partial charge in [-0.15, -0.1) is 0 Å². The van der Waals surface area contributed by atoms with Gasteiger partial charge in [0.05, 0.1) is 16.8 Å². The number of rotatable bonds is 6. The van der Waals surface area contributed by atoms with Gasteiger partial charge in [0.25, 0.3) is 5.91 Å². The Kier molecular flexibility index (Phi) is 7.29. The highest BCUT2D eigenvalue weighted by molar-refractivity contribution is 6.30. The molecule has 4 rings (SSSR count). The van der Waals surface area contributed by atoms with Gasteiger partial charge in [-0.25, -0.2) is 9.78 Å². The maximum absolute atomic E-state index is 13.3. The number of amides is 1. The summed E-state index contributed by atoms with van der Waals surface area (Å²) >= 11 is 6.20. The van der Waals surface area contributed by atoms with Crippen molar-refractivity contribution in [3.05, 3.63) is 64.7 Å². The number of ether oxygens (including phenoxy) is 1. The molecule has 0 aliphatic heterocycles. The minimum atomic E-state index is -0.512. The van der Waals surface area contributed by atoms with Gasteiger partial charge in [-0.2, -0.15) is 0 Å². The first-order chi connectivity index (χ1) is 16.0. The maximum Gasteiger partial charge on any atom is 0.339 e. The summed E-state index contributed by atoms with van der Waals surface area (Å²) in [7, 11) is 0. The smallest absolute Gasteiger partial charge is 0.339 e. The molecule has 1 aromatic heterocycles. The molecule has 172 valence electrons. The van der Waals surface area contributed by atoms with Gasteiger partial charge < -0.3 is 9.64 Å². The number of fused-ring (bicyclic) bond motifs is 1.